The number of imidazole rings is 1. The van der Waals surface area contributed by atoms with Crippen molar-refractivity contribution in [2.24, 2.45) is 5.41 Å². The van der Waals surface area contributed by atoms with Gasteiger partial charge in [-0.05, 0) is 50.2 Å². The molecule has 2 aromatic rings. The Labute approximate surface area is 130 Å². The fourth-order valence-corrected chi connectivity index (χ4v) is 3.10. The molecule has 0 radical (unpaired) electrons. The van der Waals surface area contributed by atoms with Gasteiger partial charge in [0.2, 0.25) is 0 Å². The van der Waals surface area contributed by atoms with Crippen molar-refractivity contribution in [3.63, 3.8) is 0 Å². The third kappa shape index (κ3) is 2.79. The van der Waals surface area contributed by atoms with Gasteiger partial charge in [0, 0.05) is 26.5 Å². The van der Waals surface area contributed by atoms with Crippen LogP contribution in [0.4, 0.5) is 0 Å². The lowest BCUT2D eigenvalue weighted by Gasteiger charge is -2.18. The summed E-state index contributed by atoms with van der Waals surface area (Å²) in [5.74, 6) is 0.928. The van der Waals surface area contributed by atoms with Crippen LogP contribution < -0.4 is 0 Å². The van der Waals surface area contributed by atoms with Crippen LogP contribution >= 0.6 is 11.6 Å². The average Bonchev–Trinajstić information content (AvgIpc) is 3.11. The molecule has 4 nitrogen and oxygen atoms in total. The Balaban J connectivity index is 2.00. The third-order valence-corrected chi connectivity index (χ3v) is 4.70. The Morgan fingerprint density at radius 3 is 2.86 bits per heavy atom. The van der Waals surface area contributed by atoms with Gasteiger partial charge in [-0.1, -0.05) is 0 Å². The van der Waals surface area contributed by atoms with Crippen molar-refractivity contribution in [2.45, 2.75) is 45.0 Å². The predicted molar refractivity (Wildman–Crippen MR) is 84.7 cm³/mol. The SMILES string of the molecule is COCCC1(Cn2c(C(C)Cl)nc3c(C)ccnc32)CC1. The lowest BCUT2D eigenvalue weighted by Crippen LogP contribution is -2.16. The summed E-state index contributed by atoms with van der Waals surface area (Å²) in [7, 11) is 1.76. The molecule has 1 unspecified atom stereocenters. The maximum Gasteiger partial charge on any atom is 0.160 e. The van der Waals surface area contributed by atoms with Crippen LogP contribution in [0.5, 0.6) is 0 Å². The van der Waals surface area contributed by atoms with Gasteiger partial charge in [0.05, 0.1) is 5.38 Å². The van der Waals surface area contributed by atoms with Crippen LogP contribution in [-0.2, 0) is 11.3 Å². The summed E-state index contributed by atoms with van der Waals surface area (Å²) >= 11 is 6.35. The molecule has 3 rings (SSSR count). The molecule has 1 aliphatic carbocycles. The smallest absolute Gasteiger partial charge is 0.160 e. The maximum absolute atomic E-state index is 6.35. The van der Waals surface area contributed by atoms with Gasteiger partial charge < -0.3 is 9.30 Å². The van der Waals surface area contributed by atoms with Crippen molar-refractivity contribution in [1.29, 1.82) is 0 Å². The zero-order chi connectivity index (χ0) is 15.0. The quantitative estimate of drug-likeness (QED) is 0.761. The molecule has 0 saturated heterocycles. The number of methoxy groups -OCH3 is 1. The van der Waals surface area contributed by atoms with E-state index in [0.29, 0.717) is 5.41 Å². The zero-order valence-electron chi connectivity index (χ0n) is 12.9. The number of pyridine rings is 1. The van der Waals surface area contributed by atoms with Crippen molar-refractivity contribution in [2.75, 3.05) is 13.7 Å². The molecule has 5 heteroatoms. The Morgan fingerprint density at radius 1 is 1.48 bits per heavy atom. The lowest BCUT2D eigenvalue weighted by molar-refractivity contribution is 0.167. The molecule has 1 atom stereocenters. The van der Waals surface area contributed by atoms with Crippen LogP contribution in [0.1, 0.15) is 43.0 Å². The first-order valence-corrected chi connectivity index (χ1v) is 7.95. The monoisotopic (exact) mass is 307 g/mol. The zero-order valence-corrected chi connectivity index (χ0v) is 13.7. The lowest BCUT2D eigenvalue weighted by atomic mass is 10.0. The van der Waals surface area contributed by atoms with E-state index in [9.17, 15) is 0 Å². The minimum Gasteiger partial charge on any atom is -0.385 e. The number of alkyl halides is 1. The van der Waals surface area contributed by atoms with E-state index >= 15 is 0 Å². The Kier molecular flexibility index (Phi) is 3.93. The topological polar surface area (TPSA) is 39.9 Å². The Bertz CT molecular complexity index is 646. The maximum atomic E-state index is 6.35. The van der Waals surface area contributed by atoms with Gasteiger partial charge in [-0.15, -0.1) is 11.6 Å². The average molecular weight is 308 g/mol. The summed E-state index contributed by atoms with van der Waals surface area (Å²) in [5, 5.41) is -0.114. The molecule has 0 amide bonds. The van der Waals surface area contributed by atoms with Gasteiger partial charge in [0.15, 0.2) is 5.65 Å². The molecule has 0 bridgehead atoms. The van der Waals surface area contributed by atoms with E-state index in [2.05, 4.69) is 16.5 Å². The fraction of sp³-hybridized carbons (Fsp3) is 0.625. The first-order chi connectivity index (χ1) is 10.1. The van der Waals surface area contributed by atoms with E-state index in [1.54, 1.807) is 7.11 Å². The van der Waals surface area contributed by atoms with Crippen molar-refractivity contribution in [1.82, 2.24) is 14.5 Å². The number of rotatable bonds is 6. The number of ether oxygens (including phenoxy) is 1. The van der Waals surface area contributed by atoms with E-state index < -0.39 is 0 Å². The molecule has 0 spiro atoms. The number of hydrogen-bond donors (Lipinski definition) is 0. The van der Waals surface area contributed by atoms with Crippen molar-refractivity contribution < 1.29 is 4.74 Å². The molecule has 114 valence electrons. The highest BCUT2D eigenvalue weighted by atomic mass is 35.5. The van der Waals surface area contributed by atoms with E-state index in [0.717, 1.165) is 42.1 Å². The molecular weight excluding hydrogens is 286 g/mol. The van der Waals surface area contributed by atoms with Gasteiger partial charge in [-0.25, -0.2) is 9.97 Å². The molecular formula is C16H22ClN3O. The molecule has 1 aliphatic rings. The van der Waals surface area contributed by atoms with Crippen LogP contribution in [0.15, 0.2) is 12.3 Å². The minimum atomic E-state index is -0.114. The standard InChI is InChI=1S/C16H22ClN3O/c1-11-4-8-18-15-13(11)19-14(12(2)17)20(15)10-16(5-6-16)7-9-21-3/h4,8,12H,5-7,9-10H2,1-3H3. The van der Waals surface area contributed by atoms with Crippen molar-refractivity contribution in [3.8, 4) is 0 Å². The largest absolute Gasteiger partial charge is 0.385 e. The summed E-state index contributed by atoms with van der Waals surface area (Å²) < 4.78 is 7.48. The fourth-order valence-electron chi connectivity index (χ4n) is 2.93. The van der Waals surface area contributed by atoms with Crippen molar-refractivity contribution in [3.05, 3.63) is 23.7 Å². The number of halogens is 1. The highest BCUT2D eigenvalue weighted by Crippen LogP contribution is 2.51. The molecule has 0 aliphatic heterocycles. The second-order valence-electron chi connectivity index (χ2n) is 6.22. The summed E-state index contributed by atoms with van der Waals surface area (Å²) in [5.41, 5.74) is 3.43. The molecule has 1 saturated carbocycles. The van der Waals surface area contributed by atoms with E-state index in [1.165, 1.54) is 12.8 Å². The van der Waals surface area contributed by atoms with Crippen LogP contribution in [0.25, 0.3) is 11.2 Å². The Hall–Kier alpha value is -1.13. The van der Waals surface area contributed by atoms with Crippen LogP contribution in [0.2, 0.25) is 0 Å². The third-order valence-electron chi connectivity index (χ3n) is 4.51. The molecule has 2 aromatic heterocycles. The van der Waals surface area contributed by atoms with Crippen LogP contribution in [-0.4, -0.2) is 28.3 Å². The first kappa shape index (κ1) is 14.8. The number of hydrogen-bond acceptors (Lipinski definition) is 3. The van der Waals surface area contributed by atoms with E-state index in [4.69, 9.17) is 21.3 Å². The Morgan fingerprint density at radius 2 is 2.24 bits per heavy atom. The molecule has 0 aromatic carbocycles. The molecule has 1 fully saturated rings. The number of aromatic nitrogens is 3. The summed E-state index contributed by atoms with van der Waals surface area (Å²) in [6.45, 7) is 5.80. The molecule has 2 heterocycles. The van der Waals surface area contributed by atoms with E-state index in [-0.39, 0.29) is 5.38 Å². The van der Waals surface area contributed by atoms with Gasteiger partial charge in [-0.3, -0.25) is 0 Å². The number of fused-ring (bicyclic) bond motifs is 1. The molecule has 0 N–H and O–H groups in total. The number of nitrogens with zero attached hydrogens (tertiary/aromatic N) is 3. The number of aryl methyl sites for hydroxylation is 1. The predicted octanol–water partition coefficient (Wildman–Crippen LogP) is 3.86. The second-order valence-corrected chi connectivity index (χ2v) is 6.87. The van der Waals surface area contributed by atoms with Gasteiger partial charge in [-0.2, -0.15) is 0 Å². The minimum absolute atomic E-state index is 0.114. The second kappa shape index (κ2) is 5.58. The van der Waals surface area contributed by atoms with Gasteiger partial charge in [0.25, 0.3) is 0 Å². The van der Waals surface area contributed by atoms with Crippen LogP contribution in [0.3, 0.4) is 0 Å². The normalized spacial score (nSPS) is 18.1. The first-order valence-electron chi connectivity index (χ1n) is 7.51. The molecule has 21 heavy (non-hydrogen) atoms. The van der Waals surface area contributed by atoms with Gasteiger partial charge in [0.1, 0.15) is 11.3 Å². The van der Waals surface area contributed by atoms with Crippen LogP contribution in [0, 0.1) is 12.3 Å². The summed E-state index contributed by atoms with van der Waals surface area (Å²) in [6, 6.07) is 2.00. The summed E-state index contributed by atoms with van der Waals surface area (Å²) in [6.07, 6.45) is 5.44. The van der Waals surface area contributed by atoms with E-state index in [1.807, 2.05) is 19.2 Å². The highest BCUT2D eigenvalue weighted by Gasteiger charge is 2.43. The highest BCUT2D eigenvalue weighted by molar-refractivity contribution is 6.20. The van der Waals surface area contributed by atoms with Gasteiger partial charge >= 0.3 is 0 Å². The summed E-state index contributed by atoms with van der Waals surface area (Å²) in [4.78, 5) is 9.29. The van der Waals surface area contributed by atoms with Crippen molar-refractivity contribution >= 4 is 22.8 Å².